The van der Waals surface area contributed by atoms with Gasteiger partial charge in [-0.2, -0.15) is 0 Å². The summed E-state index contributed by atoms with van der Waals surface area (Å²) in [6.07, 6.45) is 11.2. The molecular formula is C25H44N4O. The van der Waals surface area contributed by atoms with E-state index in [9.17, 15) is 4.79 Å². The molecule has 1 N–H and O–H groups in total. The molecule has 1 saturated heterocycles. The van der Waals surface area contributed by atoms with Gasteiger partial charge in [0.2, 0.25) is 0 Å². The number of hydrogen-bond donors (Lipinski definition) is 1. The van der Waals surface area contributed by atoms with Gasteiger partial charge in [0.25, 0.3) is 0 Å². The van der Waals surface area contributed by atoms with Gasteiger partial charge >= 0.3 is 6.03 Å². The van der Waals surface area contributed by atoms with Gasteiger partial charge in [-0.25, -0.2) is 9.78 Å². The number of carbonyl (C=O) groups excluding carboxylic acids is 1. The van der Waals surface area contributed by atoms with Crippen molar-refractivity contribution >= 4 is 11.8 Å². The molecule has 1 aliphatic rings. The molecule has 1 aliphatic heterocycles. The Bertz CT molecular complexity index is 584. The van der Waals surface area contributed by atoms with Crippen molar-refractivity contribution in [2.75, 3.05) is 38.0 Å². The molecule has 170 valence electrons. The van der Waals surface area contributed by atoms with E-state index in [2.05, 4.69) is 42.9 Å². The van der Waals surface area contributed by atoms with Crippen LogP contribution in [0.25, 0.3) is 0 Å². The summed E-state index contributed by atoms with van der Waals surface area (Å²) in [7, 11) is 0. The van der Waals surface area contributed by atoms with Crippen LogP contribution in [-0.4, -0.2) is 53.5 Å². The predicted molar refractivity (Wildman–Crippen MR) is 127 cm³/mol. The van der Waals surface area contributed by atoms with Gasteiger partial charge in [-0.3, -0.25) is 10.2 Å². The number of aromatic nitrogens is 1. The molecule has 0 aliphatic carbocycles. The van der Waals surface area contributed by atoms with Gasteiger partial charge in [-0.15, -0.1) is 0 Å². The highest BCUT2D eigenvalue weighted by Crippen LogP contribution is 2.20. The van der Waals surface area contributed by atoms with Crippen LogP contribution < -0.4 is 5.32 Å². The second kappa shape index (κ2) is 13.6. The molecule has 0 radical (unpaired) electrons. The summed E-state index contributed by atoms with van der Waals surface area (Å²) in [6, 6.07) is 5.52. The third-order valence-corrected chi connectivity index (χ3v) is 6.37. The summed E-state index contributed by atoms with van der Waals surface area (Å²) in [4.78, 5) is 20.9. The number of rotatable bonds is 12. The van der Waals surface area contributed by atoms with Crippen LogP contribution in [0, 0.1) is 17.8 Å². The number of hydrogen-bond acceptors (Lipinski definition) is 3. The standard InChI is InChI=1S/C25H44N4O/c1-21(2)9-7-10-22(3)11-8-12-23(4)14-16-28-17-19-29(20-18-28)25(30)27-24-13-5-6-15-26-24/h5-6,13,15,21-23H,7-12,14,16-20H2,1-4H3,(H,26,27,30). The fourth-order valence-electron chi connectivity index (χ4n) is 4.18. The summed E-state index contributed by atoms with van der Waals surface area (Å²) in [6.45, 7) is 14.1. The Labute approximate surface area is 184 Å². The average molecular weight is 417 g/mol. The molecule has 0 aromatic carbocycles. The van der Waals surface area contributed by atoms with E-state index in [1.54, 1.807) is 6.20 Å². The minimum atomic E-state index is -0.0377. The van der Waals surface area contributed by atoms with E-state index in [-0.39, 0.29) is 6.03 Å². The van der Waals surface area contributed by atoms with Crippen LogP contribution in [0.3, 0.4) is 0 Å². The van der Waals surface area contributed by atoms with E-state index in [0.717, 1.165) is 50.5 Å². The van der Waals surface area contributed by atoms with Crippen molar-refractivity contribution < 1.29 is 4.79 Å². The van der Waals surface area contributed by atoms with Gasteiger partial charge in [0.05, 0.1) is 0 Å². The fraction of sp³-hybridized carbons (Fsp3) is 0.760. The minimum absolute atomic E-state index is 0.0377. The molecule has 1 fully saturated rings. The molecule has 5 heteroatoms. The second-order valence-corrected chi connectivity index (χ2v) is 9.73. The summed E-state index contributed by atoms with van der Waals surface area (Å²) in [5.41, 5.74) is 0. The molecule has 2 heterocycles. The molecule has 2 rings (SSSR count). The largest absolute Gasteiger partial charge is 0.323 e. The Kier molecular flexibility index (Phi) is 11.2. The maximum atomic E-state index is 12.4. The zero-order valence-electron chi connectivity index (χ0n) is 19.8. The van der Waals surface area contributed by atoms with Crippen LogP contribution in [0.15, 0.2) is 24.4 Å². The summed E-state index contributed by atoms with van der Waals surface area (Å²) in [5, 5.41) is 2.88. The Morgan fingerprint density at radius 3 is 2.17 bits per heavy atom. The molecular weight excluding hydrogens is 372 g/mol. The van der Waals surface area contributed by atoms with Crippen LogP contribution in [0.4, 0.5) is 10.6 Å². The lowest BCUT2D eigenvalue weighted by molar-refractivity contribution is 0.142. The van der Waals surface area contributed by atoms with E-state index in [1.165, 1.54) is 44.9 Å². The highest BCUT2D eigenvalue weighted by Gasteiger charge is 2.21. The van der Waals surface area contributed by atoms with Gasteiger partial charge in [0.1, 0.15) is 5.82 Å². The molecule has 30 heavy (non-hydrogen) atoms. The molecule has 2 amide bonds. The van der Waals surface area contributed by atoms with Gasteiger partial charge in [0, 0.05) is 32.4 Å². The maximum absolute atomic E-state index is 12.4. The zero-order chi connectivity index (χ0) is 21.8. The number of urea groups is 1. The number of piperazine rings is 1. The highest BCUT2D eigenvalue weighted by molar-refractivity contribution is 5.88. The van der Waals surface area contributed by atoms with Gasteiger partial charge < -0.3 is 4.90 Å². The van der Waals surface area contributed by atoms with Crippen LogP contribution in [0.5, 0.6) is 0 Å². The first-order chi connectivity index (χ1) is 14.4. The Morgan fingerprint density at radius 2 is 1.57 bits per heavy atom. The van der Waals surface area contributed by atoms with Crippen molar-refractivity contribution in [3.05, 3.63) is 24.4 Å². The molecule has 2 unspecified atom stereocenters. The van der Waals surface area contributed by atoms with Crippen LogP contribution in [0.2, 0.25) is 0 Å². The lowest BCUT2D eigenvalue weighted by atomic mass is 9.92. The normalized spacial score (nSPS) is 17.2. The van der Waals surface area contributed by atoms with Crippen molar-refractivity contribution in [2.24, 2.45) is 17.8 Å². The first-order valence-electron chi connectivity index (χ1n) is 12.1. The maximum Gasteiger partial charge on any atom is 0.323 e. The number of amides is 2. The highest BCUT2D eigenvalue weighted by atomic mass is 16.2. The second-order valence-electron chi connectivity index (χ2n) is 9.73. The molecule has 2 atom stereocenters. The van der Waals surface area contributed by atoms with Crippen molar-refractivity contribution in [3.8, 4) is 0 Å². The number of anilines is 1. The Hall–Kier alpha value is -1.62. The van der Waals surface area contributed by atoms with E-state index in [0.29, 0.717) is 5.82 Å². The lowest BCUT2D eigenvalue weighted by Crippen LogP contribution is -2.50. The molecule has 1 aromatic rings. The predicted octanol–water partition coefficient (Wildman–Crippen LogP) is 5.89. The number of nitrogens with one attached hydrogen (secondary N) is 1. The molecule has 0 bridgehead atoms. The first-order valence-corrected chi connectivity index (χ1v) is 12.1. The van der Waals surface area contributed by atoms with Crippen molar-refractivity contribution in [3.63, 3.8) is 0 Å². The summed E-state index contributed by atoms with van der Waals surface area (Å²) < 4.78 is 0. The van der Waals surface area contributed by atoms with Crippen LogP contribution in [-0.2, 0) is 0 Å². The Balaban J connectivity index is 1.53. The minimum Gasteiger partial charge on any atom is -0.322 e. The lowest BCUT2D eigenvalue weighted by Gasteiger charge is -2.35. The van der Waals surface area contributed by atoms with Crippen molar-refractivity contribution in [1.29, 1.82) is 0 Å². The van der Waals surface area contributed by atoms with E-state index in [4.69, 9.17) is 0 Å². The fourth-order valence-corrected chi connectivity index (χ4v) is 4.18. The quantitative estimate of drug-likeness (QED) is 0.462. The number of carbonyl (C=O) groups is 1. The molecule has 1 aromatic heterocycles. The SMILES string of the molecule is CC(C)CCCC(C)CCCC(C)CCN1CCN(C(=O)Nc2ccccn2)CC1. The Morgan fingerprint density at radius 1 is 0.933 bits per heavy atom. The van der Waals surface area contributed by atoms with E-state index in [1.807, 2.05) is 23.1 Å². The zero-order valence-corrected chi connectivity index (χ0v) is 19.8. The summed E-state index contributed by atoms with van der Waals surface area (Å²) in [5.74, 6) is 3.13. The monoisotopic (exact) mass is 416 g/mol. The molecule has 5 nitrogen and oxygen atoms in total. The van der Waals surface area contributed by atoms with Gasteiger partial charge in [-0.05, 0) is 42.9 Å². The summed E-state index contributed by atoms with van der Waals surface area (Å²) >= 11 is 0. The van der Waals surface area contributed by atoms with Gasteiger partial charge in [-0.1, -0.05) is 72.3 Å². The molecule has 0 saturated carbocycles. The van der Waals surface area contributed by atoms with Crippen LogP contribution >= 0.6 is 0 Å². The number of pyridine rings is 1. The van der Waals surface area contributed by atoms with Crippen LogP contribution in [0.1, 0.15) is 72.6 Å². The van der Waals surface area contributed by atoms with Crippen molar-refractivity contribution in [2.45, 2.75) is 72.6 Å². The number of nitrogens with zero attached hydrogens (tertiary/aromatic N) is 3. The smallest absolute Gasteiger partial charge is 0.322 e. The average Bonchev–Trinajstić information content (AvgIpc) is 2.73. The van der Waals surface area contributed by atoms with Gasteiger partial charge in [0.15, 0.2) is 0 Å². The topological polar surface area (TPSA) is 48.5 Å². The third kappa shape index (κ3) is 9.92. The molecule has 0 spiro atoms. The first kappa shape index (κ1) is 24.6. The van der Waals surface area contributed by atoms with Crippen molar-refractivity contribution in [1.82, 2.24) is 14.8 Å². The van der Waals surface area contributed by atoms with E-state index >= 15 is 0 Å². The third-order valence-electron chi connectivity index (χ3n) is 6.37. The van der Waals surface area contributed by atoms with E-state index < -0.39 is 0 Å².